The molecule has 4 heterocycles. The maximum absolute atomic E-state index is 12.4. The van der Waals surface area contributed by atoms with Gasteiger partial charge in [0.15, 0.2) is 5.65 Å². The van der Waals surface area contributed by atoms with Gasteiger partial charge in [-0.15, -0.1) is 0 Å². The zero-order chi connectivity index (χ0) is 21.8. The number of amides is 1. The van der Waals surface area contributed by atoms with Gasteiger partial charge in [-0.3, -0.25) is 4.79 Å². The Kier molecular flexibility index (Phi) is 4.31. The van der Waals surface area contributed by atoms with Gasteiger partial charge in [0.25, 0.3) is 0 Å². The molecule has 1 aliphatic carbocycles. The minimum atomic E-state index is -0.338. The van der Waals surface area contributed by atoms with Crippen LogP contribution < -0.4 is 10.1 Å². The second-order valence-corrected chi connectivity index (χ2v) is 8.47. The highest BCUT2D eigenvalue weighted by Gasteiger charge is 2.47. The summed E-state index contributed by atoms with van der Waals surface area (Å²) in [5.41, 5.74) is 2.99. The summed E-state index contributed by atoms with van der Waals surface area (Å²) in [5.74, 6) is 1.12. The molecule has 0 saturated heterocycles. The third-order valence-electron chi connectivity index (χ3n) is 5.93. The lowest BCUT2D eigenvalue weighted by atomic mass is 9.66. The van der Waals surface area contributed by atoms with Gasteiger partial charge in [-0.1, -0.05) is 6.92 Å². The minimum Gasteiger partial charge on any atom is -0.480 e. The Balaban J connectivity index is 1.43. The second kappa shape index (κ2) is 6.93. The molecule has 1 saturated carbocycles. The lowest BCUT2D eigenvalue weighted by Crippen LogP contribution is -2.52. The molecule has 0 aromatic carbocycles. The summed E-state index contributed by atoms with van der Waals surface area (Å²) < 4.78 is 7.31. The van der Waals surface area contributed by atoms with Gasteiger partial charge < -0.3 is 19.9 Å². The molecule has 0 bridgehead atoms. The van der Waals surface area contributed by atoms with Crippen molar-refractivity contribution in [2.24, 2.45) is 5.41 Å². The van der Waals surface area contributed by atoms with Crippen LogP contribution in [0.1, 0.15) is 19.8 Å². The number of ether oxygens (including phenoxy) is 1. The van der Waals surface area contributed by atoms with Gasteiger partial charge in [0.2, 0.25) is 17.7 Å². The molecule has 160 valence electrons. The van der Waals surface area contributed by atoms with Crippen LogP contribution in [-0.4, -0.2) is 67.6 Å². The first-order chi connectivity index (χ1) is 14.9. The fourth-order valence-electron chi connectivity index (χ4n) is 4.45. The summed E-state index contributed by atoms with van der Waals surface area (Å²) >= 11 is 0. The molecule has 10 heteroatoms. The summed E-state index contributed by atoms with van der Waals surface area (Å²) in [6.45, 7) is 2.00. The van der Waals surface area contributed by atoms with E-state index >= 15 is 0 Å². The van der Waals surface area contributed by atoms with E-state index in [2.05, 4.69) is 30.4 Å². The van der Waals surface area contributed by atoms with Crippen LogP contribution in [0.4, 0.5) is 5.95 Å². The molecule has 4 aromatic rings. The summed E-state index contributed by atoms with van der Waals surface area (Å²) in [7, 11) is 5.18. The number of pyridine rings is 1. The number of H-pyrrole nitrogens is 1. The third-order valence-corrected chi connectivity index (χ3v) is 5.93. The van der Waals surface area contributed by atoms with E-state index < -0.39 is 0 Å². The number of hydrogen-bond donors (Lipinski definition) is 2. The van der Waals surface area contributed by atoms with Crippen molar-refractivity contribution in [3.63, 3.8) is 0 Å². The van der Waals surface area contributed by atoms with Crippen LogP contribution in [0.5, 0.6) is 5.88 Å². The van der Waals surface area contributed by atoms with Crippen molar-refractivity contribution in [3.8, 4) is 17.0 Å². The Bertz CT molecular complexity index is 1290. The molecule has 1 amide bonds. The number of nitrogens with zero attached hydrogens (tertiary/aromatic N) is 6. The summed E-state index contributed by atoms with van der Waals surface area (Å²) in [4.78, 5) is 30.7. The zero-order valence-electron chi connectivity index (χ0n) is 17.9. The van der Waals surface area contributed by atoms with Gasteiger partial charge in [-0.05, 0) is 30.5 Å². The lowest BCUT2D eigenvalue weighted by molar-refractivity contribution is -0.143. The first kappa shape index (κ1) is 19.3. The number of carbonyl (C=O) groups excluding carboxylic acids is 1. The van der Waals surface area contributed by atoms with Crippen LogP contribution in [0, 0.1) is 5.41 Å². The third kappa shape index (κ3) is 3.15. The largest absolute Gasteiger partial charge is 0.480 e. The molecule has 0 spiro atoms. The fourth-order valence-corrected chi connectivity index (χ4v) is 4.45. The summed E-state index contributed by atoms with van der Waals surface area (Å²) in [6, 6.07) is 4.06. The van der Waals surface area contributed by atoms with Gasteiger partial charge >= 0.3 is 0 Å². The number of fused-ring (bicyclic) bond motifs is 2. The van der Waals surface area contributed by atoms with E-state index in [4.69, 9.17) is 4.74 Å². The van der Waals surface area contributed by atoms with Crippen LogP contribution in [0.25, 0.3) is 27.8 Å². The first-order valence-electron chi connectivity index (χ1n) is 10.1. The highest BCUT2D eigenvalue weighted by molar-refractivity contribution is 5.98. The van der Waals surface area contributed by atoms with E-state index in [0.717, 1.165) is 35.0 Å². The predicted molar refractivity (Wildman–Crippen MR) is 116 cm³/mol. The standard InChI is InChI=1S/C21H24N8O2/c1-21(19(30)28(2)3)8-13(9-21)25-20-26-17-16(18(27-20)31-4)14(10-22-17)12-5-6-29-15(7-12)23-11-24-29/h5-7,10-11,13H,8-9H2,1-4H3,(H2,22,25,26,27)/t13-,21+. The van der Waals surface area contributed by atoms with Crippen molar-refractivity contribution in [3.05, 3.63) is 30.9 Å². The van der Waals surface area contributed by atoms with Gasteiger partial charge in [0, 0.05) is 38.1 Å². The molecule has 1 aliphatic rings. The molecule has 31 heavy (non-hydrogen) atoms. The Morgan fingerprint density at radius 3 is 2.90 bits per heavy atom. The van der Waals surface area contributed by atoms with E-state index in [1.807, 2.05) is 31.5 Å². The maximum Gasteiger partial charge on any atom is 0.228 e. The molecule has 0 atom stereocenters. The number of carbonyl (C=O) groups is 1. The SMILES string of the molecule is COc1nc(N[C@H]2C[C@@](C)(C(=O)N(C)C)C2)nc2[nH]cc(-c3ccn4ncnc4c3)c12. The van der Waals surface area contributed by atoms with E-state index in [-0.39, 0.29) is 17.4 Å². The van der Waals surface area contributed by atoms with Crippen molar-refractivity contribution in [2.75, 3.05) is 26.5 Å². The Morgan fingerprint density at radius 1 is 1.35 bits per heavy atom. The Labute approximate surface area is 178 Å². The summed E-state index contributed by atoms with van der Waals surface area (Å²) in [6.07, 6.45) is 6.75. The van der Waals surface area contributed by atoms with Crippen LogP contribution in [0.3, 0.4) is 0 Å². The van der Waals surface area contributed by atoms with Crippen LogP contribution >= 0.6 is 0 Å². The van der Waals surface area contributed by atoms with Gasteiger partial charge in [0.1, 0.15) is 12.0 Å². The molecule has 1 fully saturated rings. The number of anilines is 1. The molecule has 2 N–H and O–H groups in total. The highest BCUT2D eigenvalue weighted by Crippen LogP contribution is 2.43. The molecule has 5 rings (SSSR count). The van der Waals surface area contributed by atoms with Crippen molar-refractivity contribution >= 4 is 28.5 Å². The van der Waals surface area contributed by atoms with Crippen molar-refractivity contribution in [2.45, 2.75) is 25.8 Å². The van der Waals surface area contributed by atoms with Crippen LogP contribution in [0.2, 0.25) is 0 Å². The normalized spacial score (nSPS) is 20.6. The van der Waals surface area contributed by atoms with Crippen molar-refractivity contribution in [1.82, 2.24) is 34.4 Å². The van der Waals surface area contributed by atoms with E-state index in [1.165, 1.54) is 6.33 Å². The molecule has 0 unspecified atom stereocenters. The quantitative estimate of drug-likeness (QED) is 0.509. The lowest BCUT2D eigenvalue weighted by Gasteiger charge is -2.45. The topological polar surface area (TPSA) is 113 Å². The number of methoxy groups -OCH3 is 1. The zero-order valence-corrected chi connectivity index (χ0v) is 17.9. The molecule has 0 radical (unpaired) electrons. The Hall–Kier alpha value is -3.69. The van der Waals surface area contributed by atoms with Crippen LogP contribution in [0.15, 0.2) is 30.9 Å². The highest BCUT2D eigenvalue weighted by atomic mass is 16.5. The molecular formula is C21H24N8O2. The van der Waals surface area contributed by atoms with Gasteiger partial charge in [0.05, 0.1) is 17.9 Å². The monoisotopic (exact) mass is 420 g/mol. The molecular weight excluding hydrogens is 396 g/mol. The van der Waals surface area contributed by atoms with E-state index in [1.54, 1.807) is 30.6 Å². The van der Waals surface area contributed by atoms with E-state index in [9.17, 15) is 4.79 Å². The average Bonchev–Trinajstić information content (AvgIpc) is 3.37. The average molecular weight is 420 g/mol. The van der Waals surface area contributed by atoms with Gasteiger partial charge in [-0.25, -0.2) is 9.50 Å². The number of rotatable bonds is 5. The Morgan fingerprint density at radius 2 is 2.16 bits per heavy atom. The van der Waals surface area contributed by atoms with E-state index in [0.29, 0.717) is 17.5 Å². The van der Waals surface area contributed by atoms with Crippen molar-refractivity contribution in [1.29, 1.82) is 0 Å². The van der Waals surface area contributed by atoms with Crippen LogP contribution in [-0.2, 0) is 4.79 Å². The first-order valence-corrected chi connectivity index (χ1v) is 10.1. The predicted octanol–water partition coefficient (Wildman–Crippen LogP) is 2.34. The van der Waals surface area contributed by atoms with Gasteiger partial charge in [-0.2, -0.15) is 15.1 Å². The second-order valence-electron chi connectivity index (χ2n) is 8.47. The molecule has 0 aliphatic heterocycles. The minimum absolute atomic E-state index is 0.140. The number of aromatic nitrogens is 6. The number of aromatic amines is 1. The maximum atomic E-state index is 12.4. The summed E-state index contributed by atoms with van der Waals surface area (Å²) in [5, 5.41) is 8.29. The smallest absolute Gasteiger partial charge is 0.228 e. The number of nitrogens with one attached hydrogen (secondary N) is 2. The fraction of sp³-hybridized carbons (Fsp3) is 0.381. The molecule has 10 nitrogen and oxygen atoms in total. The van der Waals surface area contributed by atoms with Crippen molar-refractivity contribution < 1.29 is 9.53 Å². The number of hydrogen-bond acceptors (Lipinski definition) is 7. The molecule has 4 aromatic heterocycles.